The maximum absolute atomic E-state index is 14.4. The molecule has 15 atom stereocenters. The standard InChI is InChI=1S/C51H79NO13/c1-30-16-12-11-13-17-31(2)41(54)28-38-21-19-36(7)51(60,65-38)48(57)49(58)52-23-15-14-18-39(52)50(59)64-43(33(4)26-37-20-22-40(53)44(27-37)61-8)29-42(55)32(3)25-35(6)46(62-9)47(63-10)45(56)34(5)24-30/h11-13,16-17,25,30,32-34,36-41,43-44,46-47,53-54,60H,14-15,18-24,26-29H2,1-10H3/b13-11+,16-12+,31-17+,35-25+/t30-,32-,33-,34-,36-,37+,38+,39+,40-,41+,43+,44-,46-,47+,51-/m1/s1. The number of fused-ring (bicyclic) bond motifs is 3. The number of Topliss-reactive ketones (excluding diaryl/α,β-unsaturated/α-hetero) is 3. The number of cyclic esters (lactones) is 1. The van der Waals surface area contributed by atoms with Crippen LogP contribution in [0.25, 0.3) is 0 Å². The molecule has 14 nitrogen and oxygen atoms in total. The molecule has 14 heteroatoms. The van der Waals surface area contributed by atoms with Gasteiger partial charge in [0.2, 0.25) is 5.79 Å². The molecular formula is C51H79NO13. The van der Waals surface area contributed by atoms with Gasteiger partial charge in [-0.1, -0.05) is 71.1 Å². The predicted octanol–water partition coefficient (Wildman–Crippen LogP) is 6.18. The van der Waals surface area contributed by atoms with Crippen LogP contribution in [0, 0.1) is 35.5 Å². The van der Waals surface area contributed by atoms with E-state index >= 15 is 0 Å². The highest BCUT2D eigenvalue weighted by atomic mass is 16.6. The average Bonchev–Trinajstić information content (AvgIpc) is 3.28. The molecule has 1 aliphatic carbocycles. The number of ketones is 3. The molecule has 0 spiro atoms. The molecule has 1 amide bonds. The highest BCUT2D eigenvalue weighted by Gasteiger charge is 2.53. The fourth-order valence-corrected chi connectivity index (χ4v) is 10.1. The molecule has 1 saturated carbocycles. The van der Waals surface area contributed by atoms with E-state index < -0.39 is 77.9 Å². The number of nitrogens with zero attached hydrogens (tertiary/aromatic N) is 1. The Balaban J connectivity index is 1.71. The molecule has 3 heterocycles. The Hall–Kier alpha value is -3.37. The second-order valence-corrected chi connectivity index (χ2v) is 19.6. The number of hydrogen-bond donors (Lipinski definition) is 3. The Labute approximate surface area is 387 Å². The van der Waals surface area contributed by atoms with E-state index in [0.717, 1.165) is 6.42 Å². The van der Waals surface area contributed by atoms with Gasteiger partial charge in [-0.25, -0.2) is 4.79 Å². The second-order valence-electron chi connectivity index (χ2n) is 19.6. The second kappa shape index (κ2) is 25.1. The third kappa shape index (κ3) is 14.3. The molecule has 0 radical (unpaired) electrons. The summed E-state index contributed by atoms with van der Waals surface area (Å²) < 4.78 is 29.5. The summed E-state index contributed by atoms with van der Waals surface area (Å²) in [5.41, 5.74) is 1.27. The van der Waals surface area contributed by atoms with Gasteiger partial charge in [-0.3, -0.25) is 19.2 Å². The zero-order valence-electron chi connectivity index (χ0n) is 40.6. The number of rotatable bonds is 6. The van der Waals surface area contributed by atoms with Crippen LogP contribution >= 0.6 is 0 Å². The van der Waals surface area contributed by atoms with Crippen LogP contribution in [0.4, 0.5) is 0 Å². The van der Waals surface area contributed by atoms with Gasteiger partial charge < -0.3 is 43.9 Å². The number of carbonyl (C=O) groups is 5. The van der Waals surface area contributed by atoms with Crippen LogP contribution < -0.4 is 0 Å². The lowest BCUT2D eigenvalue weighted by atomic mass is 9.78. The fraction of sp³-hybridized carbons (Fsp3) is 0.745. The number of carbonyl (C=O) groups excluding carboxylic acids is 5. The Kier molecular flexibility index (Phi) is 21.0. The molecule has 0 aromatic carbocycles. The van der Waals surface area contributed by atoms with E-state index in [1.54, 1.807) is 53.0 Å². The van der Waals surface area contributed by atoms with E-state index in [2.05, 4.69) is 0 Å². The highest BCUT2D eigenvalue weighted by Crippen LogP contribution is 2.37. The van der Waals surface area contributed by atoms with Gasteiger partial charge in [0.05, 0.1) is 24.4 Å². The number of ether oxygens (including phenoxy) is 5. The largest absolute Gasteiger partial charge is 0.460 e. The van der Waals surface area contributed by atoms with Crippen molar-refractivity contribution in [3.8, 4) is 0 Å². The summed E-state index contributed by atoms with van der Waals surface area (Å²) in [6, 6.07) is -1.14. The van der Waals surface area contributed by atoms with Gasteiger partial charge in [-0.15, -0.1) is 0 Å². The minimum Gasteiger partial charge on any atom is -0.460 e. The number of aliphatic hydroxyl groups excluding tert-OH is 2. The topological polar surface area (TPSA) is 195 Å². The Morgan fingerprint density at radius 2 is 1.54 bits per heavy atom. The van der Waals surface area contributed by atoms with Crippen molar-refractivity contribution in [1.82, 2.24) is 4.90 Å². The van der Waals surface area contributed by atoms with Gasteiger partial charge in [-0.05, 0) is 107 Å². The third-order valence-electron chi connectivity index (χ3n) is 14.4. The number of aliphatic hydroxyl groups is 3. The SMILES string of the molecule is CO[C@@H]1/C(C)=C/[C@@H](C)C(=O)C[C@@H]([C@H](C)C[C@@H]2CC[C@@H](O)[C@H](OC)C2)OC(=O)[C@@H]2CCCCN2C(=O)C(=O)[C@]2(O)O[C@@H](CC[C@H]2C)C[C@H](O)/C(C)=C/C=C/C=C/[C@@H](C)C[C@@H](C)C(=O)[C@@H]1OC. The van der Waals surface area contributed by atoms with Crippen LogP contribution in [-0.2, 0) is 47.7 Å². The average molecular weight is 914 g/mol. The van der Waals surface area contributed by atoms with Crippen molar-refractivity contribution in [2.24, 2.45) is 35.5 Å². The molecule has 0 aromatic rings. The lowest BCUT2D eigenvalue weighted by Gasteiger charge is -2.42. The molecule has 2 saturated heterocycles. The van der Waals surface area contributed by atoms with Gasteiger partial charge in [0, 0.05) is 58.5 Å². The number of piperidine rings is 1. The number of esters is 1. The van der Waals surface area contributed by atoms with Crippen LogP contribution in [0.15, 0.2) is 47.6 Å². The van der Waals surface area contributed by atoms with Crippen molar-refractivity contribution in [2.75, 3.05) is 27.9 Å². The molecular weight excluding hydrogens is 835 g/mol. The molecule has 366 valence electrons. The first-order chi connectivity index (χ1) is 30.7. The molecule has 4 aliphatic rings. The first-order valence-corrected chi connectivity index (χ1v) is 23.9. The summed E-state index contributed by atoms with van der Waals surface area (Å²) in [5, 5.41) is 33.5. The molecule has 3 aliphatic heterocycles. The summed E-state index contributed by atoms with van der Waals surface area (Å²) in [5.74, 6) is -7.73. The molecule has 3 N–H and O–H groups in total. The summed E-state index contributed by atoms with van der Waals surface area (Å²) in [6.45, 7) is 12.8. The first kappa shape index (κ1) is 54.2. The maximum atomic E-state index is 14.4. The van der Waals surface area contributed by atoms with Crippen molar-refractivity contribution in [3.05, 3.63) is 47.6 Å². The van der Waals surface area contributed by atoms with Crippen LogP contribution in [0.3, 0.4) is 0 Å². The summed E-state index contributed by atoms with van der Waals surface area (Å²) in [7, 11) is 4.54. The quantitative estimate of drug-likeness (QED) is 0.156. The first-order valence-electron chi connectivity index (χ1n) is 23.9. The number of hydrogen-bond acceptors (Lipinski definition) is 13. The van der Waals surface area contributed by atoms with Crippen molar-refractivity contribution in [2.45, 2.75) is 180 Å². The van der Waals surface area contributed by atoms with E-state index in [9.17, 15) is 39.3 Å². The summed E-state index contributed by atoms with van der Waals surface area (Å²) >= 11 is 0. The molecule has 65 heavy (non-hydrogen) atoms. The lowest BCUT2D eigenvalue weighted by Crippen LogP contribution is -2.61. The fourth-order valence-electron chi connectivity index (χ4n) is 10.1. The smallest absolute Gasteiger partial charge is 0.329 e. The zero-order chi connectivity index (χ0) is 48.2. The van der Waals surface area contributed by atoms with E-state index in [1.165, 1.54) is 19.1 Å². The Morgan fingerprint density at radius 1 is 0.831 bits per heavy atom. The van der Waals surface area contributed by atoms with Crippen molar-refractivity contribution < 1.29 is 63.0 Å². The van der Waals surface area contributed by atoms with E-state index in [0.29, 0.717) is 62.5 Å². The van der Waals surface area contributed by atoms with Crippen molar-refractivity contribution in [1.29, 1.82) is 0 Å². The van der Waals surface area contributed by atoms with Gasteiger partial charge in [-0.2, -0.15) is 0 Å². The molecule has 3 fully saturated rings. The van der Waals surface area contributed by atoms with E-state index in [4.69, 9.17) is 23.7 Å². The Morgan fingerprint density at radius 3 is 2.22 bits per heavy atom. The molecule has 4 rings (SSSR count). The van der Waals surface area contributed by atoms with E-state index in [-0.39, 0.29) is 67.1 Å². The van der Waals surface area contributed by atoms with Crippen LogP contribution in [0.2, 0.25) is 0 Å². The number of methoxy groups -OCH3 is 3. The Bertz CT molecular complexity index is 1760. The predicted molar refractivity (Wildman–Crippen MR) is 245 cm³/mol. The minimum absolute atomic E-state index is 0.0357. The minimum atomic E-state index is -2.47. The van der Waals surface area contributed by atoms with Crippen molar-refractivity contribution >= 4 is 29.2 Å². The third-order valence-corrected chi connectivity index (χ3v) is 14.4. The molecule has 0 aromatic heterocycles. The van der Waals surface area contributed by atoms with Gasteiger partial charge >= 0.3 is 5.97 Å². The van der Waals surface area contributed by atoms with Gasteiger partial charge in [0.15, 0.2) is 5.78 Å². The molecule has 0 unspecified atom stereocenters. The van der Waals surface area contributed by atoms with Gasteiger partial charge in [0.25, 0.3) is 11.7 Å². The van der Waals surface area contributed by atoms with E-state index in [1.807, 2.05) is 39.0 Å². The zero-order valence-corrected chi connectivity index (χ0v) is 40.6. The monoisotopic (exact) mass is 914 g/mol. The molecule has 2 bridgehead atoms. The van der Waals surface area contributed by atoms with Crippen molar-refractivity contribution in [3.63, 3.8) is 0 Å². The van der Waals surface area contributed by atoms with Gasteiger partial charge in [0.1, 0.15) is 30.1 Å². The van der Waals surface area contributed by atoms with Crippen LogP contribution in [0.1, 0.15) is 126 Å². The lowest BCUT2D eigenvalue weighted by molar-refractivity contribution is -0.265. The maximum Gasteiger partial charge on any atom is 0.329 e. The summed E-state index contributed by atoms with van der Waals surface area (Å²) in [4.78, 5) is 72.0. The summed E-state index contributed by atoms with van der Waals surface area (Å²) in [6.07, 6.45) is 10.9. The van der Waals surface area contributed by atoms with Crippen LogP contribution in [0.5, 0.6) is 0 Å². The number of allylic oxidation sites excluding steroid dienone is 6. The number of amides is 1. The highest BCUT2D eigenvalue weighted by molar-refractivity contribution is 6.39. The van der Waals surface area contributed by atoms with Crippen LogP contribution in [-0.4, -0.2) is 132 Å². The normalized spacial score (nSPS) is 40.4.